The molecule has 0 bridgehead atoms. The third-order valence-electron chi connectivity index (χ3n) is 5.39. The maximum absolute atomic E-state index is 13.0. The van der Waals surface area contributed by atoms with Crippen molar-refractivity contribution in [3.8, 4) is 0 Å². The number of carbonyl (C=O) groups is 1. The van der Waals surface area contributed by atoms with Crippen molar-refractivity contribution in [1.82, 2.24) is 19.4 Å². The number of aryl methyl sites for hydroxylation is 1. The molecule has 0 aliphatic carbocycles. The number of amides is 1. The zero-order valence-electron chi connectivity index (χ0n) is 15.5. The first-order valence-electron chi connectivity index (χ1n) is 9.83. The van der Waals surface area contributed by atoms with Gasteiger partial charge in [-0.1, -0.05) is 12.8 Å². The minimum atomic E-state index is 0.0726. The van der Waals surface area contributed by atoms with Crippen LogP contribution in [0.25, 0.3) is 0 Å². The van der Waals surface area contributed by atoms with E-state index in [-0.39, 0.29) is 11.9 Å². The molecule has 0 aromatic carbocycles. The Balaban J connectivity index is 1.58. The highest BCUT2D eigenvalue weighted by atomic mass is 16.5. The van der Waals surface area contributed by atoms with Crippen molar-refractivity contribution in [3.63, 3.8) is 0 Å². The molecule has 6 heteroatoms. The Bertz CT molecular complexity index is 531. The average Bonchev–Trinajstić information content (AvgIpc) is 2.91. The molecule has 0 spiro atoms. The molecule has 25 heavy (non-hydrogen) atoms. The van der Waals surface area contributed by atoms with Crippen LogP contribution in [0.3, 0.4) is 0 Å². The van der Waals surface area contributed by atoms with Crippen LogP contribution in [-0.2, 0) is 11.8 Å². The molecule has 6 nitrogen and oxygen atoms in total. The molecule has 140 valence electrons. The lowest BCUT2D eigenvalue weighted by molar-refractivity contribution is 0.0277. The van der Waals surface area contributed by atoms with E-state index in [1.165, 1.54) is 38.8 Å². The fourth-order valence-corrected chi connectivity index (χ4v) is 3.94. The van der Waals surface area contributed by atoms with Crippen LogP contribution in [0.5, 0.6) is 0 Å². The molecule has 0 unspecified atom stereocenters. The smallest absolute Gasteiger partial charge is 0.274 e. The molecule has 2 aliphatic heterocycles. The normalized spacial score (nSPS) is 20.4. The Kier molecular flexibility index (Phi) is 6.87. The lowest BCUT2D eigenvalue weighted by Gasteiger charge is -2.34. The summed E-state index contributed by atoms with van der Waals surface area (Å²) in [7, 11) is 1.90. The molecule has 2 fully saturated rings. The van der Waals surface area contributed by atoms with E-state index in [0.717, 1.165) is 45.6 Å². The number of aromatic nitrogens is 2. The molecule has 0 atom stereocenters. The van der Waals surface area contributed by atoms with E-state index in [1.807, 2.05) is 17.8 Å². The monoisotopic (exact) mass is 348 g/mol. The van der Waals surface area contributed by atoms with Crippen molar-refractivity contribution in [1.29, 1.82) is 0 Å². The molecule has 0 saturated carbocycles. The van der Waals surface area contributed by atoms with Crippen LogP contribution in [0.4, 0.5) is 0 Å². The van der Waals surface area contributed by atoms with Crippen LogP contribution in [0, 0.1) is 0 Å². The van der Waals surface area contributed by atoms with Gasteiger partial charge in [0.15, 0.2) is 0 Å². The number of imidazole rings is 1. The van der Waals surface area contributed by atoms with Crippen LogP contribution in [-0.4, -0.2) is 70.7 Å². The number of hydrogen-bond donors (Lipinski definition) is 0. The van der Waals surface area contributed by atoms with Gasteiger partial charge in [0.05, 0.1) is 6.33 Å². The number of rotatable bonds is 6. The second-order valence-electron chi connectivity index (χ2n) is 7.38. The summed E-state index contributed by atoms with van der Waals surface area (Å²) >= 11 is 0. The quantitative estimate of drug-likeness (QED) is 0.792. The van der Waals surface area contributed by atoms with Crippen LogP contribution in [0.2, 0.25) is 0 Å². The topological polar surface area (TPSA) is 50.6 Å². The van der Waals surface area contributed by atoms with Gasteiger partial charge in [-0.3, -0.25) is 4.79 Å². The Hall–Kier alpha value is -1.40. The van der Waals surface area contributed by atoms with E-state index >= 15 is 0 Å². The molecule has 1 aromatic rings. The number of nitrogens with zero attached hydrogens (tertiary/aromatic N) is 4. The molecule has 0 N–H and O–H groups in total. The summed E-state index contributed by atoms with van der Waals surface area (Å²) in [5.74, 6) is 0.0726. The highest BCUT2D eigenvalue weighted by molar-refractivity contribution is 5.92. The molecule has 3 rings (SSSR count). The Labute approximate surface area is 151 Å². The summed E-state index contributed by atoms with van der Waals surface area (Å²) in [4.78, 5) is 21.9. The molecule has 3 heterocycles. The minimum Gasteiger partial charge on any atom is -0.381 e. The fraction of sp³-hybridized carbons (Fsp3) is 0.789. The summed E-state index contributed by atoms with van der Waals surface area (Å²) in [6.07, 6.45) is 11.8. The highest BCUT2D eigenvalue weighted by Crippen LogP contribution is 2.18. The van der Waals surface area contributed by atoms with Crippen molar-refractivity contribution in [2.24, 2.45) is 7.05 Å². The lowest BCUT2D eigenvalue weighted by atomic mass is 10.1. The van der Waals surface area contributed by atoms with Gasteiger partial charge in [-0.25, -0.2) is 4.98 Å². The minimum absolute atomic E-state index is 0.0726. The number of carbonyl (C=O) groups excluding carboxylic acids is 1. The zero-order valence-corrected chi connectivity index (χ0v) is 15.5. The molecular formula is C19H32N4O2. The summed E-state index contributed by atoms with van der Waals surface area (Å²) in [6.45, 7) is 5.84. The van der Waals surface area contributed by atoms with Gasteiger partial charge in [-0.05, 0) is 51.7 Å². The summed E-state index contributed by atoms with van der Waals surface area (Å²) in [5, 5.41) is 0. The van der Waals surface area contributed by atoms with Crippen molar-refractivity contribution >= 4 is 5.91 Å². The van der Waals surface area contributed by atoms with Crippen LogP contribution >= 0.6 is 0 Å². The third kappa shape index (κ3) is 5.28. The SMILES string of the molecule is Cn1cnc(C(=O)N(CCCN2CCCCCC2)C2CCOCC2)c1. The van der Waals surface area contributed by atoms with E-state index in [9.17, 15) is 4.79 Å². The Morgan fingerprint density at radius 2 is 1.96 bits per heavy atom. The van der Waals surface area contributed by atoms with Crippen LogP contribution < -0.4 is 0 Å². The standard InChI is InChI=1S/C19H32N4O2/c1-21-15-18(20-16-21)19(24)23(17-7-13-25-14-8-17)12-6-11-22-9-4-2-3-5-10-22/h15-17H,2-14H2,1H3. The van der Waals surface area contributed by atoms with E-state index in [2.05, 4.69) is 14.8 Å². The van der Waals surface area contributed by atoms with E-state index < -0.39 is 0 Å². The largest absolute Gasteiger partial charge is 0.381 e. The second kappa shape index (κ2) is 9.34. The summed E-state index contributed by atoms with van der Waals surface area (Å²) in [5.41, 5.74) is 0.559. The fourth-order valence-electron chi connectivity index (χ4n) is 3.94. The van der Waals surface area contributed by atoms with Gasteiger partial charge in [-0.15, -0.1) is 0 Å². The maximum atomic E-state index is 13.0. The van der Waals surface area contributed by atoms with E-state index in [4.69, 9.17) is 4.74 Å². The van der Waals surface area contributed by atoms with Crippen LogP contribution in [0.15, 0.2) is 12.5 Å². The van der Waals surface area contributed by atoms with Gasteiger partial charge in [-0.2, -0.15) is 0 Å². The predicted octanol–water partition coefficient (Wildman–Crippen LogP) is 2.31. The Morgan fingerprint density at radius 3 is 2.60 bits per heavy atom. The van der Waals surface area contributed by atoms with E-state index in [1.54, 1.807) is 6.33 Å². The van der Waals surface area contributed by atoms with Crippen molar-refractivity contribution in [2.45, 2.75) is 51.0 Å². The molecule has 2 aliphatic rings. The highest BCUT2D eigenvalue weighted by Gasteiger charge is 2.27. The van der Waals surface area contributed by atoms with Crippen LogP contribution in [0.1, 0.15) is 55.4 Å². The second-order valence-corrected chi connectivity index (χ2v) is 7.38. The van der Waals surface area contributed by atoms with Gasteiger partial charge in [0.1, 0.15) is 5.69 Å². The Morgan fingerprint density at radius 1 is 1.24 bits per heavy atom. The summed E-state index contributed by atoms with van der Waals surface area (Å²) < 4.78 is 7.33. The van der Waals surface area contributed by atoms with Crippen molar-refractivity contribution in [2.75, 3.05) is 39.4 Å². The predicted molar refractivity (Wildman–Crippen MR) is 97.6 cm³/mol. The van der Waals surface area contributed by atoms with Gasteiger partial charge >= 0.3 is 0 Å². The average molecular weight is 348 g/mol. The maximum Gasteiger partial charge on any atom is 0.274 e. The van der Waals surface area contributed by atoms with Crippen molar-refractivity contribution in [3.05, 3.63) is 18.2 Å². The number of ether oxygens (including phenoxy) is 1. The third-order valence-corrected chi connectivity index (χ3v) is 5.39. The van der Waals surface area contributed by atoms with Gasteiger partial charge < -0.3 is 19.1 Å². The first kappa shape index (κ1) is 18.4. The molecule has 1 amide bonds. The first-order chi connectivity index (χ1) is 12.2. The first-order valence-corrected chi connectivity index (χ1v) is 9.83. The van der Waals surface area contributed by atoms with Crippen molar-refractivity contribution < 1.29 is 9.53 Å². The lowest BCUT2D eigenvalue weighted by Crippen LogP contribution is -2.45. The van der Waals surface area contributed by atoms with E-state index in [0.29, 0.717) is 5.69 Å². The molecule has 0 radical (unpaired) electrons. The molecule has 2 saturated heterocycles. The number of hydrogen-bond acceptors (Lipinski definition) is 4. The van der Waals surface area contributed by atoms with Gasteiger partial charge in [0.2, 0.25) is 0 Å². The zero-order chi connectivity index (χ0) is 17.5. The van der Waals surface area contributed by atoms with Gasteiger partial charge in [0, 0.05) is 39.0 Å². The molecular weight excluding hydrogens is 316 g/mol. The summed E-state index contributed by atoms with van der Waals surface area (Å²) in [6, 6.07) is 0.285. The number of likely N-dealkylation sites (tertiary alicyclic amines) is 1. The van der Waals surface area contributed by atoms with Gasteiger partial charge in [0.25, 0.3) is 5.91 Å². The molecule has 1 aromatic heterocycles.